The Kier molecular flexibility index (Phi) is 4.83. The van der Waals surface area contributed by atoms with Crippen LogP contribution in [0.2, 0.25) is 0 Å². The number of carbonyl (C=O) groups excluding carboxylic acids is 2. The van der Waals surface area contributed by atoms with Gasteiger partial charge >= 0.3 is 5.97 Å². The highest BCUT2D eigenvalue weighted by Gasteiger charge is 2.20. The van der Waals surface area contributed by atoms with Gasteiger partial charge in [-0.05, 0) is 32.0 Å². The third-order valence-electron chi connectivity index (χ3n) is 4.02. The lowest BCUT2D eigenvalue weighted by molar-refractivity contribution is 0.0469. The first-order valence-electron chi connectivity index (χ1n) is 7.93. The molecule has 0 bridgehead atoms. The highest BCUT2D eigenvalue weighted by Crippen LogP contribution is 2.18. The van der Waals surface area contributed by atoms with Crippen LogP contribution in [0.15, 0.2) is 41.3 Å². The summed E-state index contributed by atoms with van der Waals surface area (Å²) in [6.45, 7) is 3.86. The lowest BCUT2D eigenvalue weighted by Gasteiger charge is -2.08. The molecule has 0 amide bonds. The average Bonchev–Trinajstić information content (AvgIpc) is 3.23. The van der Waals surface area contributed by atoms with Gasteiger partial charge in [0.1, 0.15) is 5.76 Å². The van der Waals surface area contributed by atoms with Crippen LogP contribution in [0.3, 0.4) is 0 Å². The molecule has 0 aromatic carbocycles. The molecule has 2 N–H and O–H groups in total. The normalized spacial score (nSPS) is 10.7. The Labute approximate surface area is 149 Å². The van der Waals surface area contributed by atoms with E-state index in [1.54, 1.807) is 12.3 Å². The van der Waals surface area contributed by atoms with E-state index in [2.05, 4.69) is 9.97 Å². The van der Waals surface area contributed by atoms with Crippen molar-refractivity contribution < 1.29 is 18.7 Å². The molecule has 0 fully saturated rings. The summed E-state index contributed by atoms with van der Waals surface area (Å²) in [6, 6.07) is 5.45. The predicted molar refractivity (Wildman–Crippen MR) is 92.8 cm³/mol. The van der Waals surface area contributed by atoms with Crippen LogP contribution in [0, 0.1) is 13.8 Å². The minimum atomic E-state index is -0.784. The molecule has 0 unspecified atom stereocenters. The van der Waals surface area contributed by atoms with Gasteiger partial charge in [-0.2, -0.15) is 0 Å². The molecule has 0 saturated heterocycles. The molecule has 0 radical (unpaired) electrons. The third-order valence-corrected chi connectivity index (χ3v) is 4.02. The Morgan fingerprint density at radius 3 is 2.73 bits per heavy atom. The zero-order valence-corrected chi connectivity index (χ0v) is 14.4. The van der Waals surface area contributed by atoms with Crippen LogP contribution in [0.4, 0.5) is 5.82 Å². The maximum absolute atomic E-state index is 12.5. The Hall–Kier alpha value is -3.42. The molecule has 3 aromatic rings. The topological polar surface area (TPSA) is 113 Å². The molecule has 26 heavy (non-hydrogen) atoms. The van der Waals surface area contributed by atoms with E-state index in [9.17, 15) is 9.59 Å². The molecular formula is C18H18N4O4. The van der Waals surface area contributed by atoms with Gasteiger partial charge in [-0.3, -0.25) is 4.79 Å². The summed E-state index contributed by atoms with van der Waals surface area (Å²) in [5.74, 6) is -0.343. The third kappa shape index (κ3) is 3.49. The number of nitrogens with zero attached hydrogens (tertiary/aromatic N) is 3. The van der Waals surface area contributed by atoms with Crippen LogP contribution in [-0.4, -0.2) is 32.9 Å². The van der Waals surface area contributed by atoms with Gasteiger partial charge in [0.05, 0.1) is 12.8 Å². The van der Waals surface area contributed by atoms with E-state index in [-0.39, 0.29) is 17.3 Å². The maximum Gasteiger partial charge on any atom is 0.361 e. The first-order valence-corrected chi connectivity index (χ1v) is 7.93. The van der Waals surface area contributed by atoms with E-state index >= 15 is 0 Å². The second kappa shape index (κ2) is 7.22. The number of nitrogen functional groups attached to an aromatic ring is 1. The van der Waals surface area contributed by atoms with Crippen molar-refractivity contribution in [2.45, 2.75) is 20.4 Å². The van der Waals surface area contributed by atoms with Gasteiger partial charge in [-0.25, -0.2) is 14.8 Å². The Balaban J connectivity index is 1.70. The molecule has 3 rings (SSSR count). The zero-order chi connectivity index (χ0) is 18.7. The van der Waals surface area contributed by atoms with E-state index in [4.69, 9.17) is 14.9 Å². The molecule has 3 heterocycles. The van der Waals surface area contributed by atoms with Gasteiger partial charge in [0, 0.05) is 29.3 Å². The summed E-state index contributed by atoms with van der Waals surface area (Å²) in [5.41, 5.74) is 7.65. The number of ketones is 1. The fourth-order valence-electron chi connectivity index (χ4n) is 2.67. The summed E-state index contributed by atoms with van der Waals surface area (Å²) < 4.78 is 12.4. The van der Waals surface area contributed by atoms with Crippen molar-refractivity contribution >= 4 is 17.6 Å². The van der Waals surface area contributed by atoms with Crippen LogP contribution in [0.1, 0.15) is 38.0 Å². The number of nitrogens with two attached hydrogens (primary N) is 1. The summed E-state index contributed by atoms with van der Waals surface area (Å²) >= 11 is 0. The number of Topliss-reactive ketones (excluding diaryl/α,β-unsaturated/α-hetero) is 1. The first kappa shape index (κ1) is 17.4. The van der Waals surface area contributed by atoms with Crippen LogP contribution in [-0.2, 0) is 11.3 Å². The molecule has 134 valence electrons. The van der Waals surface area contributed by atoms with Gasteiger partial charge in [0.15, 0.2) is 18.1 Å². The minimum Gasteiger partial charge on any atom is -0.467 e. The quantitative estimate of drug-likeness (QED) is 0.533. The second-order valence-electron chi connectivity index (χ2n) is 5.74. The molecule has 8 nitrogen and oxygen atoms in total. The Morgan fingerprint density at radius 2 is 2.04 bits per heavy atom. The predicted octanol–water partition coefficient (Wildman–Crippen LogP) is 2.16. The average molecular weight is 354 g/mol. The van der Waals surface area contributed by atoms with Crippen LogP contribution < -0.4 is 5.73 Å². The van der Waals surface area contributed by atoms with Crippen molar-refractivity contribution in [3.05, 3.63) is 65.3 Å². The number of carbonyl (C=O) groups is 2. The monoisotopic (exact) mass is 354 g/mol. The second-order valence-corrected chi connectivity index (χ2v) is 5.74. The summed E-state index contributed by atoms with van der Waals surface area (Å²) in [5, 5.41) is 0. The number of aryl methyl sites for hydroxylation is 1. The standard InChI is InChI=1S/C18H18N4O4/c1-11-8-14(12(2)22(11)9-13-4-3-7-25-13)15(23)10-26-18(24)16-17(19)21-6-5-20-16/h3-8H,9-10H2,1-2H3,(H2,19,21). The highest BCUT2D eigenvalue weighted by molar-refractivity contribution is 6.00. The van der Waals surface area contributed by atoms with Crippen molar-refractivity contribution in [3.63, 3.8) is 0 Å². The number of esters is 1. The van der Waals surface area contributed by atoms with Crippen LogP contribution >= 0.6 is 0 Å². The lowest BCUT2D eigenvalue weighted by Crippen LogP contribution is -2.17. The van der Waals surface area contributed by atoms with Gasteiger partial charge in [-0.1, -0.05) is 0 Å². The molecular weight excluding hydrogens is 336 g/mol. The SMILES string of the molecule is Cc1cc(C(=O)COC(=O)c2nccnc2N)c(C)n1Cc1ccco1. The van der Waals surface area contributed by atoms with Crippen molar-refractivity contribution in [3.8, 4) is 0 Å². The molecule has 3 aromatic heterocycles. The van der Waals surface area contributed by atoms with Crippen molar-refractivity contribution in [2.75, 3.05) is 12.3 Å². The van der Waals surface area contributed by atoms with E-state index < -0.39 is 12.6 Å². The lowest BCUT2D eigenvalue weighted by atomic mass is 10.1. The molecule has 0 aliphatic carbocycles. The number of ether oxygens (including phenoxy) is 1. The van der Waals surface area contributed by atoms with E-state index in [1.165, 1.54) is 12.4 Å². The van der Waals surface area contributed by atoms with Crippen molar-refractivity contribution in [2.24, 2.45) is 0 Å². The van der Waals surface area contributed by atoms with E-state index in [0.717, 1.165) is 17.1 Å². The minimum absolute atomic E-state index is 0.0402. The van der Waals surface area contributed by atoms with E-state index in [0.29, 0.717) is 12.1 Å². The molecule has 8 heteroatoms. The molecule has 0 atom stereocenters. The first-order chi connectivity index (χ1) is 12.5. The van der Waals surface area contributed by atoms with E-state index in [1.807, 2.05) is 30.5 Å². The fraction of sp³-hybridized carbons (Fsp3) is 0.222. The van der Waals surface area contributed by atoms with Gasteiger partial charge in [0.25, 0.3) is 0 Å². The Morgan fingerprint density at radius 1 is 1.27 bits per heavy atom. The molecule has 0 saturated carbocycles. The van der Waals surface area contributed by atoms with Crippen LogP contribution in [0.25, 0.3) is 0 Å². The molecule has 0 aliphatic rings. The zero-order valence-electron chi connectivity index (χ0n) is 14.4. The van der Waals surface area contributed by atoms with Crippen molar-refractivity contribution in [1.29, 1.82) is 0 Å². The molecule has 0 spiro atoms. The van der Waals surface area contributed by atoms with Gasteiger partial charge in [-0.15, -0.1) is 0 Å². The van der Waals surface area contributed by atoms with Gasteiger partial charge in [0.2, 0.25) is 5.78 Å². The summed E-state index contributed by atoms with van der Waals surface area (Å²) in [6.07, 6.45) is 4.30. The Bertz CT molecular complexity index is 944. The number of aromatic nitrogens is 3. The largest absolute Gasteiger partial charge is 0.467 e. The van der Waals surface area contributed by atoms with Gasteiger partial charge < -0.3 is 19.5 Å². The number of rotatable bonds is 6. The fourth-order valence-corrected chi connectivity index (χ4v) is 2.67. The van der Waals surface area contributed by atoms with Crippen molar-refractivity contribution in [1.82, 2.24) is 14.5 Å². The number of hydrogen-bond donors (Lipinski definition) is 1. The number of hydrogen-bond acceptors (Lipinski definition) is 7. The van der Waals surface area contributed by atoms with Crippen LogP contribution in [0.5, 0.6) is 0 Å². The highest BCUT2D eigenvalue weighted by atomic mass is 16.5. The summed E-state index contributed by atoms with van der Waals surface area (Å²) in [4.78, 5) is 32.1. The summed E-state index contributed by atoms with van der Waals surface area (Å²) in [7, 11) is 0. The molecule has 0 aliphatic heterocycles. The number of furan rings is 1. The number of anilines is 1. The smallest absolute Gasteiger partial charge is 0.361 e. The maximum atomic E-state index is 12.5.